The van der Waals surface area contributed by atoms with Crippen molar-refractivity contribution in [2.75, 3.05) is 6.61 Å². The van der Waals surface area contributed by atoms with Crippen molar-refractivity contribution < 1.29 is 14.6 Å². The van der Waals surface area contributed by atoms with E-state index in [1.807, 2.05) is 19.9 Å². The first kappa shape index (κ1) is 12.3. The number of aliphatic carboxylic acids is 1. The fourth-order valence-corrected chi connectivity index (χ4v) is 1.56. The number of benzene rings is 1. The van der Waals surface area contributed by atoms with E-state index in [1.54, 1.807) is 12.1 Å². The van der Waals surface area contributed by atoms with E-state index in [-0.39, 0.29) is 13.0 Å². The van der Waals surface area contributed by atoms with Gasteiger partial charge in [-0.15, -0.1) is 0 Å². The molecule has 2 rings (SSSR count). The zero-order valence-corrected chi connectivity index (χ0v) is 10.3. The largest absolute Gasteiger partial charge is 0.493 e. The normalized spacial score (nSPS) is 10.6. The zero-order valence-electron chi connectivity index (χ0n) is 10.3. The summed E-state index contributed by atoms with van der Waals surface area (Å²) in [5.41, 5.74) is 3.35. The topological polar surface area (TPSA) is 72.3 Å². The van der Waals surface area contributed by atoms with Crippen molar-refractivity contribution in [3.05, 3.63) is 29.6 Å². The number of carboxylic acids is 1. The number of ether oxygens (including phenoxy) is 1. The fourth-order valence-electron chi connectivity index (χ4n) is 1.56. The first-order valence-electron chi connectivity index (χ1n) is 5.66. The van der Waals surface area contributed by atoms with Crippen molar-refractivity contribution in [2.24, 2.45) is 0 Å². The average molecular weight is 246 g/mol. The molecule has 0 spiro atoms. The van der Waals surface area contributed by atoms with Crippen LogP contribution in [-0.4, -0.2) is 27.7 Å². The maximum absolute atomic E-state index is 10.4. The van der Waals surface area contributed by atoms with Gasteiger partial charge in [-0.2, -0.15) is 0 Å². The fraction of sp³-hybridized carbons (Fsp3) is 0.308. The lowest BCUT2D eigenvalue weighted by Crippen LogP contribution is -2.04. The van der Waals surface area contributed by atoms with Gasteiger partial charge in [0.25, 0.3) is 0 Å². The average Bonchev–Trinajstić information content (AvgIpc) is 2.30. The van der Waals surface area contributed by atoms with Gasteiger partial charge in [-0.1, -0.05) is 0 Å². The van der Waals surface area contributed by atoms with Crippen molar-refractivity contribution in [1.82, 2.24) is 9.97 Å². The van der Waals surface area contributed by atoms with E-state index in [1.165, 1.54) is 0 Å². The van der Waals surface area contributed by atoms with Gasteiger partial charge in [0.1, 0.15) is 5.75 Å². The molecule has 0 fully saturated rings. The molecule has 0 aliphatic rings. The summed E-state index contributed by atoms with van der Waals surface area (Å²) in [6.45, 7) is 3.97. The number of carboxylic acid groups (broad SMARTS) is 1. The van der Waals surface area contributed by atoms with Crippen LogP contribution in [0.4, 0.5) is 0 Å². The Balaban J connectivity index is 2.21. The predicted octanol–water partition coefficient (Wildman–Crippen LogP) is 2.10. The number of aromatic nitrogens is 2. The standard InChI is InChI=1S/C13H14N2O3/c1-8-9(2)15-12-7-10(3-4-11(12)14-8)18-6-5-13(16)17/h3-4,7H,5-6H2,1-2H3,(H,16,17). The first-order chi connectivity index (χ1) is 8.56. The molecular formula is C13H14N2O3. The molecule has 5 nitrogen and oxygen atoms in total. The summed E-state index contributed by atoms with van der Waals surface area (Å²) < 4.78 is 5.35. The molecule has 18 heavy (non-hydrogen) atoms. The Labute approximate surface area is 104 Å². The molecule has 0 aliphatic heterocycles. The Morgan fingerprint density at radius 2 is 1.89 bits per heavy atom. The molecule has 0 saturated carbocycles. The van der Waals surface area contributed by atoms with Crippen molar-refractivity contribution in [2.45, 2.75) is 20.3 Å². The van der Waals surface area contributed by atoms with E-state index in [4.69, 9.17) is 9.84 Å². The van der Waals surface area contributed by atoms with Crippen molar-refractivity contribution in [3.63, 3.8) is 0 Å². The highest BCUT2D eigenvalue weighted by molar-refractivity contribution is 5.76. The van der Waals surface area contributed by atoms with Gasteiger partial charge in [-0.3, -0.25) is 4.79 Å². The smallest absolute Gasteiger partial charge is 0.306 e. The quantitative estimate of drug-likeness (QED) is 0.894. The number of nitrogens with zero attached hydrogens (tertiary/aromatic N) is 2. The third-order valence-electron chi connectivity index (χ3n) is 2.63. The molecule has 94 valence electrons. The highest BCUT2D eigenvalue weighted by Crippen LogP contribution is 2.19. The number of hydrogen-bond donors (Lipinski definition) is 1. The Hall–Kier alpha value is -2.17. The molecule has 1 aromatic heterocycles. The number of rotatable bonds is 4. The van der Waals surface area contributed by atoms with Gasteiger partial charge in [0.05, 0.1) is 35.4 Å². The van der Waals surface area contributed by atoms with Crippen LogP contribution in [0.5, 0.6) is 5.75 Å². The van der Waals surface area contributed by atoms with Gasteiger partial charge < -0.3 is 9.84 Å². The number of aryl methyl sites for hydroxylation is 2. The lowest BCUT2D eigenvalue weighted by molar-refractivity contribution is -0.137. The minimum Gasteiger partial charge on any atom is -0.493 e. The van der Waals surface area contributed by atoms with Crippen LogP contribution >= 0.6 is 0 Å². The summed E-state index contributed by atoms with van der Waals surface area (Å²) in [4.78, 5) is 19.2. The molecule has 0 bridgehead atoms. The number of fused-ring (bicyclic) bond motifs is 1. The SMILES string of the molecule is Cc1nc2ccc(OCCC(=O)O)cc2nc1C. The molecule has 0 unspecified atom stereocenters. The summed E-state index contributed by atoms with van der Waals surface area (Å²) in [5, 5.41) is 8.53. The summed E-state index contributed by atoms with van der Waals surface area (Å²) in [6.07, 6.45) is -0.0172. The predicted molar refractivity (Wildman–Crippen MR) is 66.8 cm³/mol. The summed E-state index contributed by atoms with van der Waals surface area (Å²) in [5.74, 6) is -0.261. The lowest BCUT2D eigenvalue weighted by atomic mass is 10.2. The monoisotopic (exact) mass is 246 g/mol. The van der Waals surface area contributed by atoms with Crippen LogP contribution in [0.25, 0.3) is 11.0 Å². The van der Waals surface area contributed by atoms with Gasteiger partial charge in [-0.05, 0) is 26.0 Å². The van der Waals surface area contributed by atoms with Crippen molar-refractivity contribution >= 4 is 17.0 Å². The zero-order chi connectivity index (χ0) is 13.1. The molecule has 1 heterocycles. The van der Waals surface area contributed by atoms with Crippen molar-refractivity contribution in [1.29, 1.82) is 0 Å². The Bertz CT molecular complexity index is 596. The van der Waals surface area contributed by atoms with Crippen LogP contribution in [0.3, 0.4) is 0 Å². The second-order valence-electron chi connectivity index (χ2n) is 4.04. The maximum Gasteiger partial charge on any atom is 0.306 e. The third-order valence-corrected chi connectivity index (χ3v) is 2.63. The van der Waals surface area contributed by atoms with Crippen LogP contribution in [0.15, 0.2) is 18.2 Å². The Morgan fingerprint density at radius 3 is 2.56 bits per heavy atom. The van der Waals surface area contributed by atoms with Crippen molar-refractivity contribution in [3.8, 4) is 5.75 Å². The van der Waals surface area contributed by atoms with Crippen LogP contribution in [-0.2, 0) is 4.79 Å². The third kappa shape index (κ3) is 2.74. The minimum absolute atomic E-state index is 0.0172. The van der Waals surface area contributed by atoms with E-state index in [9.17, 15) is 4.79 Å². The Kier molecular flexibility index (Phi) is 3.41. The summed E-state index contributed by atoms with van der Waals surface area (Å²) in [7, 11) is 0. The van der Waals surface area contributed by atoms with Gasteiger partial charge in [0.2, 0.25) is 0 Å². The molecule has 0 saturated heterocycles. The second-order valence-corrected chi connectivity index (χ2v) is 4.04. The van der Waals surface area contributed by atoms with Crippen LogP contribution in [0.2, 0.25) is 0 Å². The molecule has 0 amide bonds. The molecule has 0 aliphatic carbocycles. The molecule has 0 radical (unpaired) electrons. The van der Waals surface area contributed by atoms with E-state index >= 15 is 0 Å². The van der Waals surface area contributed by atoms with E-state index in [2.05, 4.69) is 9.97 Å². The Morgan fingerprint density at radius 1 is 1.22 bits per heavy atom. The maximum atomic E-state index is 10.4. The summed E-state index contributed by atoms with van der Waals surface area (Å²) in [6, 6.07) is 5.37. The van der Waals surface area contributed by atoms with Crippen LogP contribution < -0.4 is 4.74 Å². The lowest BCUT2D eigenvalue weighted by Gasteiger charge is -2.06. The molecule has 1 aromatic carbocycles. The second kappa shape index (κ2) is 5.00. The van der Waals surface area contributed by atoms with Gasteiger partial charge in [-0.25, -0.2) is 9.97 Å². The van der Waals surface area contributed by atoms with Gasteiger partial charge >= 0.3 is 5.97 Å². The number of hydrogen-bond acceptors (Lipinski definition) is 4. The molecule has 1 N–H and O–H groups in total. The highest BCUT2D eigenvalue weighted by Gasteiger charge is 2.04. The molecular weight excluding hydrogens is 232 g/mol. The van der Waals surface area contributed by atoms with E-state index in [0.29, 0.717) is 5.75 Å². The van der Waals surface area contributed by atoms with Gasteiger partial charge in [0, 0.05) is 6.07 Å². The summed E-state index contributed by atoms with van der Waals surface area (Å²) >= 11 is 0. The molecule has 0 atom stereocenters. The first-order valence-corrected chi connectivity index (χ1v) is 5.66. The minimum atomic E-state index is -0.873. The van der Waals surface area contributed by atoms with Crippen LogP contribution in [0.1, 0.15) is 17.8 Å². The van der Waals surface area contributed by atoms with Gasteiger partial charge in [0.15, 0.2) is 0 Å². The molecule has 5 heteroatoms. The van der Waals surface area contributed by atoms with E-state index in [0.717, 1.165) is 22.4 Å². The highest BCUT2D eigenvalue weighted by atomic mass is 16.5. The number of carbonyl (C=O) groups is 1. The molecule has 2 aromatic rings. The van der Waals surface area contributed by atoms with Crippen LogP contribution in [0, 0.1) is 13.8 Å². The van der Waals surface area contributed by atoms with E-state index < -0.39 is 5.97 Å².